The van der Waals surface area contributed by atoms with Gasteiger partial charge in [0.1, 0.15) is 0 Å². The Balaban J connectivity index is 1.65. The first-order valence-electron chi connectivity index (χ1n) is 8.43. The highest BCUT2D eigenvalue weighted by Gasteiger charge is 2.26. The monoisotopic (exact) mass is 349 g/mol. The zero-order chi connectivity index (χ0) is 17.4. The molecule has 0 saturated heterocycles. The minimum Gasteiger partial charge on any atom is -0.267 e. The fourth-order valence-electron chi connectivity index (χ4n) is 2.85. The first kappa shape index (κ1) is 16.0. The van der Waals surface area contributed by atoms with Crippen LogP contribution in [0.4, 0.5) is 0 Å². The van der Waals surface area contributed by atoms with Crippen LogP contribution < -0.4 is 5.43 Å². The number of benzene rings is 1. The predicted molar refractivity (Wildman–Crippen MR) is 102 cm³/mol. The second-order valence-electron chi connectivity index (χ2n) is 6.43. The summed E-state index contributed by atoms with van der Waals surface area (Å²) in [5, 5.41) is 5.15. The topological polar surface area (TPSA) is 54.4 Å². The molecule has 4 rings (SSSR count). The molecule has 0 aliphatic heterocycles. The molecule has 1 saturated carbocycles. The van der Waals surface area contributed by atoms with E-state index in [-0.39, 0.29) is 5.91 Å². The van der Waals surface area contributed by atoms with Gasteiger partial charge in [-0.1, -0.05) is 18.2 Å². The molecule has 1 fully saturated rings. The van der Waals surface area contributed by atoms with Crippen LogP contribution in [-0.2, 0) is 0 Å². The minimum atomic E-state index is -0.187. The maximum Gasteiger partial charge on any atom is 0.272 e. The van der Waals surface area contributed by atoms with Gasteiger partial charge in [-0.2, -0.15) is 5.10 Å². The Bertz CT molecular complexity index is 986. The van der Waals surface area contributed by atoms with Crippen molar-refractivity contribution in [3.8, 4) is 0 Å². The van der Waals surface area contributed by atoms with Gasteiger partial charge in [0.2, 0.25) is 0 Å². The van der Waals surface area contributed by atoms with Gasteiger partial charge in [0.25, 0.3) is 5.91 Å². The van der Waals surface area contributed by atoms with E-state index < -0.39 is 0 Å². The number of hydrazone groups is 1. The molecule has 0 spiro atoms. The van der Waals surface area contributed by atoms with Crippen molar-refractivity contribution in [2.75, 3.05) is 0 Å². The molecule has 1 amide bonds. The SMILES string of the molecule is CC(=NNC(=O)c1cc(C2CC2)nc2ccccc12)c1ccc(C)s1. The highest BCUT2D eigenvalue weighted by Crippen LogP contribution is 2.40. The van der Waals surface area contributed by atoms with Gasteiger partial charge in [0.15, 0.2) is 0 Å². The number of carbonyl (C=O) groups is 1. The molecule has 3 aromatic rings. The molecule has 0 unspecified atom stereocenters. The second-order valence-corrected chi connectivity index (χ2v) is 7.72. The number of fused-ring (bicyclic) bond motifs is 1. The Morgan fingerprint density at radius 1 is 1.24 bits per heavy atom. The van der Waals surface area contributed by atoms with E-state index in [1.54, 1.807) is 11.3 Å². The van der Waals surface area contributed by atoms with E-state index in [4.69, 9.17) is 4.98 Å². The molecule has 0 atom stereocenters. The molecule has 2 aromatic heterocycles. The fraction of sp³-hybridized carbons (Fsp3) is 0.250. The van der Waals surface area contributed by atoms with Crippen LogP contribution in [0.5, 0.6) is 0 Å². The number of amides is 1. The van der Waals surface area contributed by atoms with Gasteiger partial charge in [-0.25, -0.2) is 5.43 Å². The van der Waals surface area contributed by atoms with Crippen molar-refractivity contribution in [3.63, 3.8) is 0 Å². The van der Waals surface area contributed by atoms with E-state index in [2.05, 4.69) is 23.5 Å². The number of aromatic nitrogens is 1. The number of pyridine rings is 1. The lowest BCUT2D eigenvalue weighted by molar-refractivity contribution is 0.0956. The van der Waals surface area contributed by atoms with Gasteiger partial charge in [-0.3, -0.25) is 9.78 Å². The number of hydrogen-bond donors (Lipinski definition) is 1. The van der Waals surface area contributed by atoms with E-state index in [0.29, 0.717) is 11.5 Å². The third-order valence-corrected chi connectivity index (χ3v) is 5.51. The molecular formula is C20H19N3OS. The third-order valence-electron chi connectivity index (χ3n) is 4.40. The van der Waals surface area contributed by atoms with Gasteiger partial charge in [-0.15, -0.1) is 11.3 Å². The Kier molecular flexibility index (Phi) is 4.09. The molecule has 5 heteroatoms. The molecule has 4 nitrogen and oxygen atoms in total. The Morgan fingerprint density at radius 3 is 2.76 bits per heavy atom. The molecular weight excluding hydrogens is 330 g/mol. The van der Waals surface area contributed by atoms with Crippen molar-refractivity contribution in [1.82, 2.24) is 10.4 Å². The summed E-state index contributed by atoms with van der Waals surface area (Å²) in [6.45, 7) is 3.97. The average molecular weight is 349 g/mol. The lowest BCUT2D eigenvalue weighted by Crippen LogP contribution is -2.20. The second kappa shape index (κ2) is 6.41. The van der Waals surface area contributed by atoms with E-state index >= 15 is 0 Å². The van der Waals surface area contributed by atoms with Crippen LogP contribution in [0.2, 0.25) is 0 Å². The number of hydrogen-bond acceptors (Lipinski definition) is 4. The lowest BCUT2D eigenvalue weighted by atomic mass is 10.1. The number of nitrogens with zero attached hydrogens (tertiary/aromatic N) is 2. The van der Waals surface area contributed by atoms with Gasteiger partial charge in [0, 0.05) is 21.9 Å². The van der Waals surface area contributed by atoms with Gasteiger partial charge >= 0.3 is 0 Å². The quantitative estimate of drug-likeness (QED) is 0.551. The molecule has 2 heterocycles. The number of rotatable bonds is 4. The normalized spacial score (nSPS) is 14.7. The third kappa shape index (κ3) is 3.33. The van der Waals surface area contributed by atoms with E-state index in [1.165, 1.54) is 4.88 Å². The number of aryl methyl sites for hydroxylation is 1. The summed E-state index contributed by atoms with van der Waals surface area (Å²) in [7, 11) is 0. The first-order valence-corrected chi connectivity index (χ1v) is 9.24. The number of para-hydroxylation sites is 1. The largest absolute Gasteiger partial charge is 0.272 e. The summed E-state index contributed by atoms with van der Waals surface area (Å²) in [5.74, 6) is 0.309. The minimum absolute atomic E-state index is 0.187. The molecule has 1 N–H and O–H groups in total. The summed E-state index contributed by atoms with van der Waals surface area (Å²) in [5.41, 5.74) is 6.05. The molecule has 1 aromatic carbocycles. The molecule has 1 aliphatic rings. The van der Waals surface area contributed by atoms with Crippen LogP contribution in [0.1, 0.15) is 51.5 Å². The van der Waals surface area contributed by atoms with Crippen LogP contribution in [0, 0.1) is 6.92 Å². The Hall–Kier alpha value is -2.53. The van der Waals surface area contributed by atoms with Crippen LogP contribution >= 0.6 is 11.3 Å². The van der Waals surface area contributed by atoms with Crippen molar-refractivity contribution in [3.05, 3.63) is 63.5 Å². The smallest absolute Gasteiger partial charge is 0.267 e. The first-order chi connectivity index (χ1) is 12.1. The summed E-state index contributed by atoms with van der Waals surface area (Å²) in [4.78, 5) is 19.8. The number of thiophene rings is 1. The average Bonchev–Trinajstić information content (AvgIpc) is 3.39. The zero-order valence-corrected chi connectivity index (χ0v) is 15.1. The summed E-state index contributed by atoms with van der Waals surface area (Å²) in [6.07, 6.45) is 2.31. The zero-order valence-electron chi connectivity index (χ0n) is 14.2. The van der Waals surface area contributed by atoms with E-state index in [0.717, 1.165) is 40.0 Å². The predicted octanol–water partition coefficient (Wildman–Crippen LogP) is 4.64. The molecule has 126 valence electrons. The molecule has 0 bridgehead atoms. The Labute approximate surface area is 150 Å². The van der Waals surface area contributed by atoms with Gasteiger partial charge in [-0.05, 0) is 51.0 Å². The molecule has 0 radical (unpaired) electrons. The summed E-state index contributed by atoms with van der Waals surface area (Å²) < 4.78 is 0. The van der Waals surface area contributed by atoms with Crippen LogP contribution in [-0.4, -0.2) is 16.6 Å². The van der Waals surface area contributed by atoms with Crippen LogP contribution in [0.3, 0.4) is 0 Å². The van der Waals surface area contributed by atoms with E-state index in [1.807, 2.05) is 43.3 Å². The highest BCUT2D eigenvalue weighted by molar-refractivity contribution is 7.14. The standard InChI is InChI=1S/C20H19N3OS/c1-12-7-10-19(25-12)13(2)22-23-20(24)16-11-18(14-8-9-14)21-17-6-4-3-5-15(16)17/h3-7,10-11,14H,8-9H2,1-2H3,(H,23,24). The fourth-order valence-corrected chi connectivity index (χ4v) is 3.66. The van der Waals surface area contributed by atoms with Gasteiger partial charge in [0.05, 0.1) is 21.7 Å². The number of nitrogens with one attached hydrogen (secondary N) is 1. The Morgan fingerprint density at radius 2 is 2.04 bits per heavy atom. The van der Waals surface area contributed by atoms with Crippen LogP contribution in [0.25, 0.3) is 10.9 Å². The highest BCUT2D eigenvalue weighted by atomic mass is 32.1. The van der Waals surface area contributed by atoms with Crippen molar-refractivity contribution >= 4 is 33.9 Å². The maximum atomic E-state index is 12.8. The van der Waals surface area contributed by atoms with Crippen molar-refractivity contribution in [2.24, 2.45) is 5.10 Å². The van der Waals surface area contributed by atoms with Gasteiger partial charge < -0.3 is 0 Å². The lowest BCUT2D eigenvalue weighted by Gasteiger charge is -2.08. The summed E-state index contributed by atoms with van der Waals surface area (Å²) >= 11 is 1.67. The van der Waals surface area contributed by atoms with Crippen molar-refractivity contribution in [2.45, 2.75) is 32.6 Å². The van der Waals surface area contributed by atoms with Crippen LogP contribution in [0.15, 0.2) is 47.6 Å². The van der Waals surface area contributed by atoms with Crippen molar-refractivity contribution < 1.29 is 4.79 Å². The molecule has 1 aliphatic carbocycles. The number of carbonyl (C=O) groups excluding carboxylic acids is 1. The summed E-state index contributed by atoms with van der Waals surface area (Å²) in [6, 6.07) is 13.8. The van der Waals surface area contributed by atoms with Crippen molar-refractivity contribution in [1.29, 1.82) is 0 Å². The molecule has 25 heavy (non-hydrogen) atoms. The maximum absolute atomic E-state index is 12.8. The van der Waals surface area contributed by atoms with E-state index in [9.17, 15) is 4.79 Å².